The number of sulfone groups is 1. The van der Waals surface area contributed by atoms with Crippen LogP contribution in [-0.4, -0.2) is 65.4 Å². The fraction of sp³-hybridized carbons (Fsp3) is 0.208. The Morgan fingerprint density at radius 2 is 1.97 bits per heavy atom. The molecule has 1 aliphatic rings. The lowest BCUT2D eigenvalue weighted by atomic mass is 10.1. The van der Waals surface area contributed by atoms with Gasteiger partial charge in [-0.2, -0.15) is 0 Å². The van der Waals surface area contributed by atoms with Crippen molar-refractivity contribution in [3.8, 4) is 5.82 Å². The summed E-state index contributed by atoms with van der Waals surface area (Å²) in [4.78, 5) is 51.7. The SMILES string of the molecule is CN1CCN=C1c1ccc2c(=O)n(-c3ccc(CC(=O)CS(=O)(=O)c4ccc(Cl)s4)cn3)c(=O)[nH]c2c1. The van der Waals surface area contributed by atoms with Gasteiger partial charge in [0.25, 0.3) is 5.56 Å². The molecule has 37 heavy (non-hydrogen) atoms. The van der Waals surface area contributed by atoms with Crippen molar-refractivity contribution in [1.82, 2.24) is 19.4 Å². The van der Waals surface area contributed by atoms with Gasteiger partial charge in [0, 0.05) is 31.8 Å². The van der Waals surface area contributed by atoms with Crippen LogP contribution in [0.15, 0.2) is 67.5 Å². The number of H-pyrrole nitrogens is 1. The molecule has 0 aliphatic carbocycles. The number of rotatable bonds is 7. The van der Waals surface area contributed by atoms with Crippen LogP contribution in [0.25, 0.3) is 16.7 Å². The number of likely N-dealkylation sites (N-methyl/N-ethyl adjacent to an activating group) is 1. The van der Waals surface area contributed by atoms with Crippen LogP contribution in [0.3, 0.4) is 0 Å². The van der Waals surface area contributed by atoms with Gasteiger partial charge in [-0.1, -0.05) is 23.7 Å². The number of fused-ring (bicyclic) bond motifs is 1. The van der Waals surface area contributed by atoms with E-state index in [4.69, 9.17) is 11.6 Å². The van der Waals surface area contributed by atoms with Crippen LogP contribution in [0.4, 0.5) is 0 Å². The number of ketones is 1. The quantitative estimate of drug-likeness (QED) is 0.367. The standard InChI is InChI=1S/C24H20ClN5O5S2/c1-29-9-8-26-22(29)15-3-4-17-18(11-15)28-24(33)30(23(17)32)20-6-2-14(12-27-20)10-16(31)13-37(34,35)21-7-5-19(25)36-21/h2-7,11-12H,8-10,13H2,1H3,(H,28,33). The average molecular weight is 558 g/mol. The molecule has 4 aromatic rings. The van der Waals surface area contributed by atoms with Crippen LogP contribution in [0.5, 0.6) is 0 Å². The normalized spacial score (nSPS) is 13.8. The molecule has 0 saturated heterocycles. The largest absolute Gasteiger partial charge is 0.358 e. The lowest BCUT2D eigenvalue weighted by Crippen LogP contribution is -2.34. The highest BCUT2D eigenvalue weighted by atomic mass is 35.5. The number of hydrogen-bond donors (Lipinski definition) is 1. The summed E-state index contributed by atoms with van der Waals surface area (Å²) in [7, 11) is -1.86. The van der Waals surface area contributed by atoms with Gasteiger partial charge in [-0.15, -0.1) is 11.3 Å². The van der Waals surface area contributed by atoms with Crippen LogP contribution in [-0.2, 0) is 21.1 Å². The molecule has 4 heterocycles. The van der Waals surface area contributed by atoms with Gasteiger partial charge in [-0.3, -0.25) is 14.6 Å². The lowest BCUT2D eigenvalue weighted by molar-refractivity contribution is -0.116. The summed E-state index contributed by atoms with van der Waals surface area (Å²) in [6, 6.07) is 11.0. The van der Waals surface area contributed by atoms with Crippen LogP contribution < -0.4 is 11.2 Å². The van der Waals surface area contributed by atoms with Gasteiger partial charge in [0.1, 0.15) is 21.6 Å². The molecule has 1 N–H and O–H groups in total. The third-order valence-electron chi connectivity index (χ3n) is 5.86. The molecule has 0 amide bonds. The molecule has 13 heteroatoms. The number of amidine groups is 1. The van der Waals surface area contributed by atoms with Crippen LogP contribution in [0.1, 0.15) is 11.1 Å². The van der Waals surface area contributed by atoms with Gasteiger partial charge >= 0.3 is 5.69 Å². The zero-order chi connectivity index (χ0) is 26.3. The summed E-state index contributed by atoms with van der Waals surface area (Å²) in [6.07, 6.45) is 1.17. The second-order valence-electron chi connectivity index (χ2n) is 8.52. The summed E-state index contributed by atoms with van der Waals surface area (Å²) in [5.41, 5.74) is 0.445. The number of aromatic nitrogens is 3. The van der Waals surface area contributed by atoms with E-state index in [-0.39, 0.29) is 16.4 Å². The first-order chi connectivity index (χ1) is 17.6. The molecule has 3 aromatic heterocycles. The maximum Gasteiger partial charge on any atom is 0.334 e. The smallest absolute Gasteiger partial charge is 0.334 e. The maximum absolute atomic E-state index is 13.1. The Hall–Kier alpha value is -3.61. The highest BCUT2D eigenvalue weighted by molar-refractivity contribution is 7.94. The number of pyridine rings is 1. The number of thiophene rings is 1. The minimum atomic E-state index is -3.79. The van der Waals surface area contributed by atoms with E-state index in [2.05, 4.69) is 15.0 Å². The number of carbonyl (C=O) groups is 1. The second kappa shape index (κ2) is 9.69. The first-order valence-electron chi connectivity index (χ1n) is 11.1. The second-order valence-corrected chi connectivity index (χ2v) is 12.4. The summed E-state index contributed by atoms with van der Waals surface area (Å²) >= 11 is 6.69. The zero-order valence-corrected chi connectivity index (χ0v) is 21.9. The minimum absolute atomic E-state index is 0.0320. The highest BCUT2D eigenvalue weighted by Crippen LogP contribution is 2.26. The number of benzene rings is 1. The molecule has 0 spiro atoms. The molecule has 10 nitrogen and oxygen atoms in total. The van der Waals surface area contributed by atoms with Crippen molar-refractivity contribution in [3.05, 3.63) is 85.0 Å². The van der Waals surface area contributed by atoms with Crippen molar-refractivity contribution < 1.29 is 13.2 Å². The summed E-state index contributed by atoms with van der Waals surface area (Å²) in [6.45, 7) is 1.49. The Morgan fingerprint density at radius 1 is 1.16 bits per heavy atom. The molecular formula is C24H20ClN5O5S2. The summed E-state index contributed by atoms with van der Waals surface area (Å²) in [5, 5.41) is 0.310. The number of nitrogens with zero attached hydrogens (tertiary/aromatic N) is 4. The van der Waals surface area contributed by atoms with Crippen LogP contribution in [0.2, 0.25) is 4.34 Å². The molecular weight excluding hydrogens is 538 g/mol. The van der Waals surface area contributed by atoms with E-state index in [1.807, 2.05) is 11.9 Å². The highest BCUT2D eigenvalue weighted by Gasteiger charge is 2.22. The predicted molar refractivity (Wildman–Crippen MR) is 142 cm³/mol. The number of aromatic amines is 1. The number of nitrogens with one attached hydrogen (secondary N) is 1. The molecule has 1 aliphatic heterocycles. The van der Waals surface area contributed by atoms with Gasteiger partial charge in [-0.25, -0.2) is 22.8 Å². The summed E-state index contributed by atoms with van der Waals surface area (Å²) in [5.74, 6) is -0.312. The predicted octanol–water partition coefficient (Wildman–Crippen LogP) is 2.07. The Balaban J connectivity index is 1.37. The van der Waals surface area contributed by atoms with Gasteiger partial charge < -0.3 is 9.88 Å². The molecule has 0 unspecified atom stereocenters. The third-order valence-corrected chi connectivity index (χ3v) is 9.35. The fourth-order valence-electron chi connectivity index (χ4n) is 4.09. The van der Waals surface area contributed by atoms with Gasteiger partial charge in [0.05, 0.1) is 21.8 Å². The third kappa shape index (κ3) is 4.99. The van der Waals surface area contributed by atoms with E-state index in [0.717, 1.165) is 33.8 Å². The Bertz CT molecular complexity index is 1790. The number of carbonyl (C=O) groups excluding carboxylic acids is 1. The topological polar surface area (TPSA) is 135 Å². The van der Waals surface area contributed by atoms with Crippen molar-refractivity contribution in [1.29, 1.82) is 0 Å². The van der Waals surface area contributed by atoms with Crippen molar-refractivity contribution in [2.75, 3.05) is 25.9 Å². The van der Waals surface area contributed by atoms with E-state index in [0.29, 0.717) is 27.3 Å². The van der Waals surface area contributed by atoms with Crippen molar-refractivity contribution in [3.63, 3.8) is 0 Å². The number of aliphatic imine (C=N–C) groups is 1. The van der Waals surface area contributed by atoms with Gasteiger partial charge in [0.2, 0.25) is 0 Å². The first kappa shape index (κ1) is 25.1. The number of Topliss-reactive ketones (excluding diaryl/α,β-unsaturated/α-hetero) is 1. The van der Waals surface area contributed by atoms with Gasteiger partial charge in [0.15, 0.2) is 15.6 Å². The minimum Gasteiger partial charge on any atom is -0.358 e. The van der Waals surface area contributed by atoms with Crippen LogP contribution in [0, 0.1) is 0 Å². The maximum atomic E-state index is 13.1. The number of hydrogen-bond acceptors (Lipinski definition) is 9. The lowest BCUT2D eigenvalue weighted by Gasteiger charge is -2.14. The van der Waals surface area contributed by atoms with E-state index >= 15 is 0 Å². The molecule has 0 radical (unpaired) electrons. The van der Waals surface area contributed by atoms with Crippen molar-refractivity contribution >= 4 is 55.3 Å². The summed E-state index contributed by atoms with van der Waals surface area (Å²) < 4.78 is 26.1. The van der Waals surface area contributed by atoms with E-state index in [1.165, 1.54) is 30.5 Å². The van der Waals surface area contributed by atoms with Gasteiger partial charge in [-0.05, 0) is 35.9 Å². The number of halogens is 1. The molecule has 5 rings (SSSR count). The van der Waals surface area contributed by atoms with E-state index in [9.17, 15) is 22.8 Å². The fourth-order valence-corrected chi connectivity index (χ4v) is 6.90. The molecule has 0 bridgehead atoms. The molecule has 0 fully saturated rings. The van der Waals surface area contributed by atoms with E-state index < -0.39 is 32.6 Å². The Kier molecular flexibility index (Phi) is 6.56. The Labute approximate surface area is 219 Å². The van der Waals surface area contributed by atoms with Crippen molar-refractivity contribution in [2.45, 2.75) is 10.6 Å². The molecule has 1 aromatic carbocycles. The van der Waals surface area contributed by atoms with Crippen molar-refractivity contribution in [2.24, 2.45) is 4.99 Å². The zero-order valence-electron chi connectivity index (χ0n) is 19.5. The molecule has 0 atom stereocenters. The molecule has 190 valence electrons. The molecule has 0 saturated carbocycles. The average Bonchev–Trinajstić information content (AvgIpc) is 3.48. The monoisotopic (exact) mass is 557 g/mol. The van der Waals surface area contributed by atoms with E-state index in [1.54, 1.807) is 18.2 Å². The van der Waals surface area contributed by atoms with Crippen LogP contribution >= 0.6 is 22.9 Å². The Morgan fingerprint density at radius 3 is 2.62 bits per heavy atom. The first-order valence-corrected chi connectivity index (χ1v) is 14.0.